The Balaban J connectivity index is 1.52. The lowest BCUT2D eigenvalue weighted by Crippen LogP contribution is -2.35. The zero-order valence-corrected chi connectivity index (χ0v) is 17.6. The number of benzene rings is 2. The molecule has 0 saturated heterocycles. The molecule has 158 valence electrons. The van der Waals surface area contributed by atoms with Crippen LogP contribution in [0.1, 0.15) is 28.4 Å². The second-order valence-electron chi connectivity index (χ2n) is 7.60. The summed E-state index contributed by atoms with van der Waals surface area (Å²) in [5.41, 5.74) is 4.60. The smallest absolute Gasteiger partial charge is 0.202 e. The molecule has 2 aromatic heterocycles. The Labute approximate surface area is 181 Å². The number of methoxy groups -OCH3 is 2. The fourth-order valence-electron chi connectivity index (χ4n) is 4.32. The Morgan fingerprint density at radius 1 is 0.968 bits per heavy atom. The molecule has 5 rings (SSSR count). The molecule has 0 aliphatic carbocycles. The largest absolute Gasteiger partial charge is 0.493 e. The quantitative estimate of drug-likeness (QED) is 0.436. The molecular weight excluding hydrogens is 392 g/mol. The van der Waals surface area contributed by atoms with Crippen molar-refractivity contribution >= 4 is 0 Å². The van der Waals surface area contributed by atoms with Gasteiger partial charge >= 0.3 is 0 Å². The van der Waals surface area contributed by atoms with Gasteiger partial charge in [0.15, 0.2) is 17.3 Å². The summed E-state index contributed by atoms with van der Waals surface area (Å²) in [6, 6.07) is 20.5. The van der Waals surface area contributed by atoms with Gasteiger partial charge in [-0.25, -0.2) is 0 Å². The summed E-state index contributed by atoms with van der Waals surface area (Å²) in [4.78, 5) is 2.42. The lowest BCUT2D eigenvalue weighted by atomic mass is 9.87. The number of furan rings is 1. The topological polar surface area (TPSA) is 60.9 Å². The van der Waals surface area contributed by atoms with Crippen LogP contribution in [-0.2, 0) is 13.0 Å². The molecular formula is C25H24N2O4. The first-order chi connectivity index (χ1) is 15.3. The summed E-state index contributed by atoms with van der Waals surface area (Å²) in [6.07, 6.45) is 2.55. The lowest BCUT2D eigenvalue weighted by Gasteiger charge is -2.37. The van der Waals surface area contributed by atoms with Crippen LogP contribution in [0.5, 0.6) is 11.5 Å². The van der Waals surface area contributed by atoms with Gasteiger partial charge in [0.2, 0.25) is 5.76 Å². The van der Waals surface area contributed by atoms with E-state index in [9.17, 15) is 0 Å². The van der Waals surface area contributed by atoms with Gasteiger partial charge in [-0.2, -0.15) is 0 Å². The molecule has 6 nitrogen and oxygen atoms in total. The minimum absolute atomic E-state index is 0.0773. The molecule has 0 radical (unpaired) electrons. The normalized spacial score (nSPS) is 16.1. The standard InChI is InChI=1S/C25H24N2O4/c1-28-22-13-18-10-11-27(16-19-14-24(31-26-19)21-9-6-12-30-21)25(17-7-4-3-5-8-17)20(18)15-23(22)29-2/h3-9,12-15,25H,10-11,16H2,1-2H3/t25-/m1/s1. The van der Waals surface area contributed by atoms with Crippen LogP contribution in [0.3, 0.4) is 0 Å². The Bertz CT molecular complexity index is 1150. The van der Waals surface area contributed by atoms with Crippen molar-refractivity contribution in [1.29, 1.82) is 0 Å². The van der Waals surface area contributed by atoms with Gasteiger partial charge in [-0.1, -0.05) is 35.5 Å². The van der Waals surface area contributed by atoms with Crippen LogP contribution in [0.4, 0.5) is 0 Å². The van der Waals surface area contributed by atoms with E-state index in [1.165, 1.54) is 16.7 Å². The van der Waals surface area contributed by atoms with Gasteiger partial charge in [-0.3, -0.25) is 4.90 Å². The molecule has 0 saturated carbocycles. The first-order valence-electron chi connectivity index (χ1n) is 10.3. The maximum atomic E-state index is 5.60. The Morgan fingerprint density at radius 3 is 2.52 bits per heavy atom. The van der Waals surface area contributed by atoms with Crippen LogP contribution in [0.15, 0.2) is 75.9 Å². The van der Waals surface area contributed by atoms with E-state index in [0.29, 0.717) is 18.1 Å². The number of hydrogen-bond donors (Lipinski definition) is 0. The molecule has 6 heteroatoms. The minimum Gasteiger partial charge on any atom is -0.493 e. The third-order valence-electron chi connectivity index (χ3n) is 5.78. The predicted octanol–water partition coefficient (Wildman–Crippen LogP) is 5.10. The predicted molar refractivity (Wildman–Crippen MR) is 116 cm³/mol. The van der Waals surface area contributed by atoms with E-state index in [2.05, 4.69) is 46.5 Å². The van der Waals surface area contributed by atoms with E-state index < -0.39 is 0 Å². The highest BCUT2D eigenvalue weighted by molar-refractivity contribution is 5.52. The van der Waals surface area contributed by atoms with Gasteiger partial charge in [0, 0.05) is 19.2 Å². The van der Waals surface area contributed by atoms with Crippen LogP contribution < -0.4 is 9.47 Å². The molecule has 0 bridgehead atoms. The van der Waals surface area contributed by atoms with Crippen molar-refractivity contribution < 1.29 is 18.4 Å². The zero-order valence-electron chi connectivity index (χ0n) is 17.6. The van der Waals surface area contributed by atoms with E-state index in [-0.39, 0.29) is 6.04 Å². The number of ether oxygens (including phenoxy) is 2. The molecule has 3 heterocycles. The molecule has 4 aromatic rings. The van der Waals surface area contributed by atoms with Crippen LogP contribution >= 0.6 is 0 Å². The molecule has 0 spiro atoms. The number of fused-ring (bicyclic) bond motifs is 1. The van der Waals surface area contributed by atoms with E-state index in [1.54, 1.807) is 20.5 Å². The molecule has 1 atom stereocenters. The molecule has 2 aromatic carbocycles. The summed E-state index contributed by atoms with van der Waals surface area (Å²) in [5.74, 6) is 2.82. The lowest BCUT2D eigenvalue weighted by molar-refractivity contribution is 0.198. The molecule has 0 unspecified atom stereocenters. The van der Waals surface area contributed by atoms with Gasteiger partial charge in [0.25, 0.3) is 0 Å². The van der Waals surface area contributed by atoms with Crippen molar-refractivity contribution in [2.75, 3.05) is 20.8 Å². The molecule has 0 N–H and O–H groups in total. The van der Waals surface area contributed by atoms with E-state index in [0.717, 1.165) is 30.2 Å². The number of nitrogens with zero attached hydrogens (tertiary/aromatic N) is 2. The zero-order chi connectivity index (χ0) is 21.2. The summed E-state index contributed by atoms with van der Waals surface area (Å²) in [7, 11) is 3.35. The first kappa shape index (κ1) is 19.5. The third kappa shape index (κ3) is 3.70. The van der Waals surface area contributed by atoms with Gasteiger partial charge in [0.1, 0.15) is 0 Å². The number of rotatable bonds is 6. The van der Waals surface area contributed by atoms with Crippen molar-refractivity contribution in [2.24, 2.45) is 0 Å². The Kier molecular flexibility index (Phi) is 5.22. The highest BCUT2D eigenvalue weighted by Gasteiger charge is 2.31. The summed E-state index contributed by atoms with van der Waals surface area (Å²) < 4.78 is 22.1. The fourth-order valence-corrected chi connectivity index (χ4v) is 4.32. The van der Waals surface area contributed by atoms with E-state index >= 15 is 0 Å². The SMILES string of the molecule is COc1cc2c(cc1OC)[C@@H](c1ccccc1)N(Cc1cc(-c3ccco3)on1)CC2. The molecule has 1 aliphatic rings. The first-order valence-corrected chi connectivity index (χ1v) is 10.3. The summed E-state index contributed by atoms with van der Waals surface area (Å²) in [6.45, 7) is 1.56. The van der Waals surface area contributed by atoms with Crippen LogP contribution in [0, 0.1) is 0 Å². The van der Waals surface area contributed by atoms with Gasteiger partial charge in [-0.05, 0) is 47.4 Å². The van der Waals surface area contributed by atoms with E-state index in [4.69, 9.17) is 18.4 Å². The molecule has 1 aliphatic heterocycles. The van der Waals surface area contributed by atoms with Crippen LogP contribution in [0.2, 0.25) is 0 Å². The highest BCUT2D eigenvalue weighted by Crippen LogP contribution is 2.41. The molecule has 31 heavy (non-hydrogen) atoms. The Hall–Kier alpha value is -3.51. The van der Waals surface area contributed by atoms with Crippen molar-refractivity contribution in [3.05, 3.63) is 89.3 Å². The fraction of sp³-hybridized carbons (Fsp3) is 0.240. The van der Waals surface area contributed by atoms with Crippen LogP contribution in [0.25, 0.3) is 11.5 Å². The number of aromatic nitrogens is 1. The Morgan fingerprint density at radius 2 is 1.77 bits per heavy atom. The average Bonchev–Trinajstić information content (AvgIpc) is 3.51. The maximum Gasteiger partial charge on any atom is 0.202 e. The van der Waals surface area contributed by atoms with Crippen molar-refractivity contribution in [1.82, 2.24) is 10.1 Å². The number of hydrogen-bond acceptors (Lipinski definition) is 6. The van der Waals surface area contributed by atoms with Crippen LogP contribution in [-0.4, -0.2) is 30.8 Å². The van der Waals surface area contributed by atoms with E-state index in [1.807, 2.05) is 24.3 Å². The monoisotopic (exact) mass is 416 g/mol. The summed E-state index contributed by atoms with van der Waals surface area (Å²) in [5, 5.41) is 4.29. The van der Waals surface area contributed by atoms with Crippen molar-refractivity contribution in [3.8, 4) is 23.0 Å². The maximum absolute atomic E-state index is 5.60. The average molecular weight is 416 g/mol. The van der Waals surface area contributed by atoms with Gasteiger partial charge in [-0.15, -0.1) is 0 Å². The van der Waals surface area contributed by atoms with Gasteiger partial charge < -0.3 is 18.4 Å². The van der Waals surface area contributed by atoms with Crippen molar-refractivity contribution in [2.45, 2.75) is 19.0 Å². The van der Waals surface area contributed by atoms with Crippen molar-refractivity contribution in [3.63, 3.8) is 0 Å². The minimum atomic E-state index is 0.0773. The molecule has 0 fully saturated rings. The highest BCUT2D eigenvalue weighted by atomic mass is 16.5. The second-order valence-corrected chi connectivity index (χ2v) is 7.60. The van der Waals surface area contributed by atoms with Gasteiger partial charge in [0.05, 0.1) is 32.2 Å². The third-order valence-corrected chi connectivity index (χ3v) is 5.78. The second kappa shape index (κ2) is 8.32. The molecule has 0 amide bonds. The summed E-state index contributed by atoms with van der Waals surface area (Å²) >= 11 is 0.